The fourth-order valence-electron chi connectivity index (χ4n) is 5.33. The number of piperidine rings is 1. The third kappa shape index (κ3) is 5.51. The van der Waals surface area contributed by atoms with E-state index in [9.17, 15) is 18.8 Å². The van der Waals surface area contributed by atoms with E-state index in [2.05, 4.69) is 21.1 Å². The smallest absolute Gasteiger partial charge is 0.291 e. The summed E-state index contributed by atoms with van der Waals surface area (Å²) in [5.74, 6) is 0.819. The van der Waals surface area contributed by atoms with Crippen LogP contribution in [0.1, 0.15) is 31.4 Å². The Bertz CT molecular complexity index is 1620. The maximum Gasteiger partial charge on any atom is 0.291 e. The predicted octanol–water partition coefficient (Wildman–Crippen LogP) is 4.86. The first-order chi connectivity index (χ1) is 19.8. The van der Waals surface area contributed by atoms with Crippen molar-refractivity contribution in [3.63, 3.8) is 0 Å². The van der Waals surface area contributed by atoms with Crippen LogP contribution in [-0.2, 0) is 9.53 Å². The molecule has 0 aliphatic carbocycles. The first kappa shape index (κ1) is 27.9. The number of allylic oxidation sites excluding steroid dienone is 3. The average Bonchev–Trinajstić information content (AvgIpc) is 3.40. The van der Waals surface area contributed by atoms with Crippen LogP contribution in [0.3, 0.4) is 0 Å². The van der Waals surface area contributed by atoms with Gasteiger partial charge in [0.15, 0.2) is 0 Å². The number of hydrogen-bond acceptors (Lipinski definition) is 7. The van der Waals surface area contributed by atoms with Crippen LogP contribution in [0.25, 0.3) is 22.2 Å². The largest absolute Gasteiger partial charge is 0.381 e. The average molecular weight is 558 g/mol. The van der Waals surface area contributed by atoms with E-state index in [1.54, 1.807) is 49.2 Å². The zero-order chi connectivity index (χ0) is 29.1. The zero-order valence-corrected chi connectivity index (χ0v) is 23.0. The molecule has 0 aromatic carbocycles. The zero-order valence-electron chi connectivity index (χ0n) is 23.0. The molecule has 3 fully saturated rings. The van der Waals surface area contributed by atoms with Gasteiger partial charge in [-0.3, -0.25) is 9.79 Å². The summed E-state index contributed by atoms with van der Waals surface area (Å²) < 4.78 is 32.4. The Morgan fingerprint density at radius 3 is 2.68 bits per heavy atom. The summed E-state index contributed by atoms with van der Waals surface area (Å²) in [7, 11) is 1.59. The Hall–Kier alpha value is -4.69. The van der Waals surface area contributed by atoms with E-state index in [0.29, 0.717) is 41.9 Å². The first-order valence-electron chi connectivity index (χ1n) is 13.2. The van der Waals surface area contributed by atoms with E-state index in [1.807, 2.05) is 23.1 Å². The van der Waals surface area contributed by atoms with Gasteiger partial charge in [0.1, 0.15) is 17.6 Å². The molecule has 1 amide bonds. The summed E-state index contributed by atoms with van der Waals surface area (Å²) in [6.45, 7) is 4.84. The maximum atomic E-state index is 12.9. The van der Waals surface area contributed by atoms with Gasteiger partial charge < -0.3 is 14.5 Å². The number of nitrogens with zero attached hydrogens (tertiary/aromatic N) is 7. The summed E-state index contributed by atoms with van der Waals surface area (Å²) in [6, 6.07) is 8.24. The summed E-state index contributed by atoms with van der Waals surface area (Å²) in [4.78, 5) is 25.3. The molecule has 3 saturated heterocycles. The van der Waals surface area contributed by atoms with Crippen LogP contribution in [0.5, 0.6) is 0 Å². The van der Waals surface area contributed by atoms with Gasteiger partial charge in [0.25, 0.3) is 6.08 Å². The molecule has 2 bridgehead atoms. The highest BCUT2D eigenvalue weighted by Gasteiger charge is 2.46. The van der Waals surface area contributed by atoms with Gasteiger partial charge in [-0.2, -0.15) is 19.1 Å². The monoisotopic (exact) mass is 557 g/mol. The second-order valence-corrected chi connectivity index (χ2v) is 9.91. The van der Waals surface area contributed by atoms with Gasteiger partial charge in [-0.1, -0.05) is 12.2 Å². The molecule has 0 N–H and O–H groups in total. The second kappa shape index (κ2) is 11.8. The van der Waals surface area contributed by atoms with E-state index >= 15 is 0 Å². The molecule has 41 heavy (non-hydrogen) atoms. The van der Waals surface area contributed by atoms with Gasteiger partial charge >= 0.3 is 0 Å². The van der Waals surface area contributed by atoms with E-state index in [1.165, 1.54) is 19.3 Å². The summed E-state index contributed by atoms with van der Waals surface area (Å²) in [5, 5.41) is 14.1. The summed E-state index contributed by atoms with van der Waals surface area (Å²) in [6.07, 6.45) is 10.6. The molecule has 3 aliphatic rings. The fourth-order valence-corrected chi connectivity index (χ4v) is 5.33. The van der Waals surface area contributed by atoms with Crippen molar-refractivity contribution in [1.82, 2.24) is 19.5 Å². The maximum absolute atomic E-state index is 12.9. The van der Waals surface area contributed by atoms with E-state index in [4.69, 9.17) is 9.72 Å². The van der Waals surface area contributed by atoms with Gasteiger partial charge in [0.05, 0.1) is 36.0 Å². The molecule has 2 atom stereocenters. The number of aromatic nitrogens is 3. The number of aliphatic imine (C=N–C) groups is 1. The number of anilines is 1. The van der Waals surface area contributed by atoms with Gasteiger partial charge in [-0.25, -0.2) is 9.50 Å². The SMILES string of the molecule is C/C=C(\C=NC(C)=C(F)F)c1cc(-c2ccc(N3CC4CC(C3)N4C(=O)/C=C/COC)nc2)c2c(C#N)cnn2c1. The van der Waals surface area contributed by atoms with Crippen LogP contribution >= 0.6 is 0 Å². The van der Waals surface area contributed by atoms with Crippen molar-refractivity contribution in [2.75, 3.05) is 31.7 Å². The summed E-state index contributed by atoms with van der Waals surface area (Å²) >= 11 is 0. The number of halogens is 2. The number of ether oxygens (including phenoxy) is 1. The molecule has 3 aromatic heterocycles. The topological polar surface area (TPSA) is 99.1 Å². The Kier molecular flexibility index (Phi) is 8.03. The van der Waals surface area contributed by atoms with Crippen LogP contribution < -0.4 is 4.90 Å². The predicted molar refractivity (Wildman–Crippen MR) is 152 cm³/mol. The van der Waals surface area contributed by atoms with Crippen molar-refractivity contribution in [2.45, 2.75) is 32.4 Å². The molecule has 2 unspecified atom stereocenters. The third-order valence-electron chi connectivity index (χ3n) is 7.40. The highest BCUT2D eigenvalue weighted by Crippen LogP contribution is 2.35. The molecule has 6 heterocycles. The minimum absolute atomic E-state index is 0.0100. The van der Waals surface area contributed by atoms with Gasteiger partial charge in [-0.05, 0) is 44.0 Å². The molecule has 6 rings (SSSR count). The Balaban J connectivity index is 1.41. The van der Waals surface area contributed by atoms with E-state index in [0.717, 1.165) is 23.4 Å². The molecular weight excluding hydrogens is 528 g/mol. The number of piperazine rings is 1. The lowest BCUT2D eigenvalue weighted by Crippen LogP contribution is -2.70. The summed E-state index contributed by atoms with van der Waals surface area (Å²) in [5.41, 5.74) is 3.50. The Morgan fingerprint density at radius 1 is 1.27 bits per heavy atom. The number of nitriles is 1. The number of fused-ring (bicyclic) bond motifs is 3. The number of pyridine rings is 2. The molecule has 3 aliphatic heterocycles. The first-order valence-corrected chi connectivity index (χ1v) is 13.2. The number of amides is 1. The molecule has 11 heteroatoms. The quantitative estimate of drug-likeness (QED) is 0.290. The molecule has 210 valence electrons. The molecule has 0 spiro atoms. The lowest BCUT2D eigenvalue weighted by molar-refractivity contribution is -0.140. The molecule has 0 radical (unpaired) electrons. The highest BCUT2D eigenvalue weighted by molar-refractivity contribution is 6.10. The number of carbonyl (C=O) groups excluding carboxylic acids is 1. The molecule has 0 saturated carbocycles. The van der Waals surface area contributed by atoms with Gasteiger partial charge in [0.2, 0.25) is 5.91 Å². The minimum atomic E-state index is -1.84. The molecule has 3 aromatic rings. The normalized spacial score (nSPS) is 18.7. The van der Waals surface area contributed by atoms with Crippen molar-refractivity contribution in [3.8, 4) is 17.2 Å². The van der Waals surface area contributed by atoms with Crippen LogP contribution in [0.4, 0.5) is 14.6 Å². The number of rotatable bonds is 8. The van der Waals surface area contributed by atoms with E-state index < -0.39 is 6.08 Å². The highest BCUT2D eigenvalue weighted by atomic mass is 19.3. The van der Waals surface area contributed by atoms with Crippen LogP contribution in [0.15, 0.2) is 71.8 Å². The molecule has 9 nitrogen and oxygen atoms in total. The van der Waals surface area contributed by atoms with Gasteiger partial charge in [0, 0.05) is 61.6 Å². The van der Waals surface area contributed by atoms with E-state index in [-0.39, 0.29) is 23.7 Å². The van der Waals surface area contributed by atoms with Crippen molar-refractivity contribution in [2.24, 2.45) is 4.99 Å². The Morgan fingerprint density at radius 2 is 2.05 bits per heavy atom. The van der Waals surface area contributed by atoms with Crippen LogP contribution in [0.2, 0.25) is 0 Å². The minimum Gasteiger partial charge on any atom is -0.381 e. The number of methoxy groups -OCH3 is 1. The van der Waals surface area contributed by atoms with Crippen molar-refractivity contribution >= 4 is 29.0 Å². The number of carbonyl (C=O) groups is 1. The third-order valence-corrected chi connectivity index (χ3v) is 7.40. The van der Waals surface area contributed by atoms with Gasteiger partial charge in [-0.15, -0.1) is 0 Å². The van der Waals surface area contributed by atoms with Crippen LogP contribution in [-0.4, -0.2) is 70.5 Å². The van der Waals surface area contributed by atoms with Crippen LogP contribution in [0, 0.1) is 11.3 Å². The lowest BCUT2D eigenvalue weighted by Gasteiger charge is -2.56. The van der Waals surface area contributed by atoms with Crippen molar-refractivity contribution in [1.29, 1.82) is 5.26 Å². The standard InChI is InChI=1S/C30H29F2N7O2/c1-4-20(13-34-19(2)30(31)32)22-10-26(29-23(12-33)15-36-38(29)16-22)21-7-8-27(35-14-21)37-17-24-11-25(18-37)39(24)28(40)6-5-9-41-3/h4-8,10,13-16,24-25H,9,11,17-18H2,1-3H3/b6-5+,20-4+,34-13?. The Labute approximate surface area is 236 Å². The second-order valence-electron chi connectivity index (χ2n) is 9.91. The molecular formula is C30H29F2N7O2. The number of hydrogen-bond donors (Lipinski definition) is 0. The lowest BCUT2D eigenvalue weighted by atomic mass is 9.87. The van der Waals surface area contributed by atoms with Crippen molar-refractivity contribution < 1.29 is 18.3 Å². The fraction of sp³-hybridized carbons (Fsp3) is 0.300. The van der Waals surface area contributed by atoms with Crippen molar-refractivity contribution in [3.05, 3.63) is 77.9 Å².